The van der Waals surface area contributed by atoms with Gasteiger partial charge in [0, 0.05) is 30.4 Å². The predicted molar refractivity (Wildman–Crippen MR) is 75.5 cm³/mol. The highest BCUT2D eigenvalue weighted by Crippen LogP contribution is 2.54. The number of benzene rings is 1. The Kier molecular flexibility index (Phi) is 4.97. The fourth-order valence-corrected chi connectivity index (χ4v) is 2.71. The number of halogens is 2. The molecule has 0 spiro atoms. The summed E-state index contributed by atoms with van der Waals surface area (Å²) in [4.78, 5) is 11.4. The average molecular weight is 315 g/mol. The normalized spacial score (nSPS) is 23.5. The summed E-state index contributed by atoms with van der Waals surface area (Å²) in [5.74, 6) is -2.89. The van der Waals surface area contributed by atoms with E-state index in [1.54, 1.807) is 13.8 Å². The molecule has 0 bridgehead atoms. The van der Waals surface area contributed by atoms with Crippen LogP contribution in [-0.4, -0.2) is 35.6 Å². The van der Waals surface area contributed by atoms with E-state index in [2.05, 4.69) is 5.32 Å². The number of carbonyl (C=O) groups excluding carboxylic acids is 1. The Morgan fingerprint density at radius 2 is 1.73 bits per heavy atom. The van der Waals surface area contributed by atoms with Gasteiger partial charge in [0.25, 0.3) is 0 Å². The van der Waals surface area contributed by atoms with Crippen LogP contribution in [0.2, 0.25) is 0 Å². The molecule has 0 aliphatic heterocycles. The summed E-state index contributed by atoms with van der Waals surface area (Å²) < 4.78 is 33.1. The van der Waals surface area contributed by atoms with Crippen molar-refractivity contribution < 1.29 is 28.5 Å². The maximum Gasteiger partial charge on any atom is 0.411 e. The van der Waals surface area contributed by atoms with Gasteiger partial charge in [0.15, 0.2) is 0 Å². The Balaban J connectivity index is 2.17. The van der Waals surface area contributed by atoms with Gasteiger partial charge >= 0.3 is 6.09 Å². The van der Waals surface area contributed by atoms with Crippen LogP contribution >= 0.6 is 0 Å². The maximum atomic E-state index is 14.1. The van der Waals surface area contributed by atoms with Crippen LogP contribution in [0.25, 0.3) is 0 Å². The summed E-state index contributed by atoms with van der Waals surface area (Å²) in [6.07, 6.45) is -1.15. The van der Waals surface area contributed by atoms with Gasteiger partial charge in [-0.1, -0.05) is 0 Å². The van der Waals surface area contributed by atoms with Gasteiger partial charge in [-0.05, 0) is 37.8 Å². The number of hydrogen-bond donors (Lipinski definition) is 3. The first-order valence-corrected chi connectivity index (χ1v) is 7.07. The molecule has 1 amide bonds. The van der Waals surface area contributed by atoms with Crippen LogP contribution in [0.3, 0.4) is 0 Å². The van der Waals surface area contributed by atoms with Crippen LogP contribution in [-0.2, 0) is 4.74 Å². The largest absolute Gasteiger partial charge is 0.447 e. The summed E-state index contributed by atoms with van der Waals surface area (Å²) in [6, 6.07) is 2.00. The van der Waals surface area contributed by atoms with E-state index in [4.69, 9.17) is 14.9 Å². The van der Waals surface area contributed by atoms with Crippen molar-refractivity contribution in [2.24, 2.45) is 11.8 Å². The Hall–Kier alpha value is -1.73. The van der Waals surface area contributed by atoms with Crippen LogP contribution in [0.1, 0.15) is 25.3 Å². The fraction of sp³-hybridized carbons (Fsp3) is 0.533. The molecule has 2 rings (SSSR count). The molecule has 1 aromatic carbocycles. The van der Waals surface area contributed by atoms with Gasteiger partial charge < -0.3 is 14.9 Å². The molecule has 0 heterocycles. The summed E-state index contributed by atoms with van der Waals surface area (Å²) in [7, 11) is 0. The van der Waals surface area contributed by atoms with Crippen molar-refractivity contribution in [2.75, 3.05) is 18.5 Å². The van der Waals surface area contributed by atoms with Gasteiger partial charge in [0.05, 0.1) is 6.10 Å². The summed E-state index contributed by atoms with van der Waals surface area (Å²) >= 11 is 0. The van der Waals surface area contributed by atoms with Gasteiger partial charge in [-0.15, -0.1) is 0 Å². The molecule has 0 aromatic heterocycles. The minimum Gasteiger partial charge on any atom is -0.447 e. The first-order valence-electron chi connectivity index (χ1n) is 7.07. The minimum atomic E-state index is -0.820. The number of amides is 1. The van der Waals surface area contributed by atoms with Crippen LogP contribution in [0.5, 0.6) is 0 Å². The molecule has 0 radical (unpaired) electrons. The van der Waals surface area contributed by atoms with Crippen molar-refractivity contribution >= 4 is 11.8 Å². The number of rotatable bonds is 5. The molecule has 2 atom stereocenters. The monoisotopic (exact) mass is 315 g/mol. The standard InChI is InChI=1S/C15H19F2NO4/c1-7(2)22-15(21)18-8-3-11(16)14(12(17)4-8)13-9(5-19)10(13)6-20/h3-4,7,9-10,13,19-20H,5-6H2,1-2H3,(H,18,21). The molecule has 7 heteroatoms. The summed E-state index contributed by atoms with van der Waals surface area (Å²) in [5.41, 5.74) is -0.216. The third-order valence-electron chi connectivity index (χ3n) is 3.75. The van der Waals surface area contributed by atoms with Gasteiger partial charge in [0.1, 0.15) is 11.6 Å². The Morgan fingerprint density at radius 3 is 2.14 bits per heavy atom. The zero-order chi connectivity index (χ0) is 16.4. The Morgan fingerprint density at radius 1 is 1.23 bits per heavy atom. The van der Waals surface area contributed by atoms with E-state index < -0.39 is 23.6 Å². The molecule has 1 saturated carbocycles. The number of nitrogens with one attached hydrogen (secondary N) is 1. The Bertz CT molecular complexity index is 531. The molecule has 1 aliphatic rings. The van der Waals surface area contributed by atoms with Gasteiger partial charge in [-0.2, -0.15) is 0 Å². The molecule has 22 heavy (non-hydrogen) atoms. The quantitative estimate of drug-likeness (QED) is 0.778. The molecular weight excluding hydrogens is 296 g/mol. The second-order valence-electron chi connectivity index (χ2n) is 5.65. The zero-order valence-electron chi connectivity index (χ0n) is 12.3. The predicted octanol–water partition coefficient (Wildman–Crippen LogP) is 2.24. The lowest BCUT2D eigenvalue weighted by Gasteiger charge is -2.11. The molecule has 122 valence electrons. The molecule has 5 nitrogen and oxygen atoms in total. The van der Waals surface area contributed by atoms with Crippen molar-refractivity contribution in [2.45, 2.75) is 25.9 Å². The Labute approximate surface area is 126 Å². The highest BCUT2D eigenvalue weighted by molar-refractivity contribution is 5.84. The number of aliphatic hydroxyl groups is 2. The summed E-state index contributed by atoms with van der Waals surface area (Å²) in [5, 5.41) is 20.5. The van der Waals surface area contributed by atoms with Gasteiger partial charge in [-0.3, -0.25) is 5.32 Å². The lowest BCUT2D eigenvalue weighted by Crippen LogP contribution is -2.18. The highest BCUT2D eigenvalue weighted by Gasteiger charge is 2.52. The van der Waals surface area contributed by atoms with Gasteiger partial charge in [0.2, 0.25) is 0 Å². The lowest BCUT2D eigenvalue weighted by molar-refractivity contribution is 0.130. The van der Waals surface area contributed by atoms with Crippen molar-refractivity contribution in [1.29, 1.82) is 0 Å². The molecule has 0 saturated heterocycles. The van der Waals surface area contributed by atoms with Crippen LogP contribution in [0.4, 0.5) is 19.3 Å². The second kappa shape index (κ2) is 6.58. The highest BCUT2D eigenvalue weighted by atomic mass is 19.1. The number of carbonyl (C=O) groups is 1. The average Bonchev–Trinajstić information content (AvgIpc) is 3.09. The van der Waals surface area contributed by atoms with E-state index in [1.165, 1.54) is 0 Å². The van der Waals surface area contributed by atoms with Crippen molar-refractivity contribution in [1.82, 2.24) is 0 Å². The lowest BCUT2D eigenvalue weighted by atomic mass is 10.1. The SMILES string of the molecule is CC(C)OC(=O)Nc1cc(F)c(C2C(CO)C2CO)c(F)c1. The van der Waals surface area contributed by atoms with Crippen molar-refractivity contribution in [3.63, 3.8) is 0 Å². The third kappa shape index (κ3) is 3.36. The van der Waals surface area contributed by atoms with E-state index >= 15 is 0 Å². The molecule has 2 unspecified atom stereocenters. The molecule has 1 aromatic rings. The van der Waals surface area contributed by atoms with Gasteiger partial charge in [-0.25, -0.2) is 13.6 Å². The second-order valence-corrected chi connectivity index (χ2v) is 5.65. The van der Waals surface area contributed by atoms with Crippen LogP contribution < -0.4 is 5.32 Å². The van der Waals surface area contributed by atoms with Crippen LogP contribution in [0.15, 0.2) is 12.1 Å². The van der Waals surface area contributed by atoms with Crippen molar-refractivity contribution in [3.8, 4) is 0 Å². The molecular formula is C15H19F2NO4. The number of hydrogen-bond acceptors (Lipinski definition) is 4. The molecule has 1 fully saturated rings. The van der Waals surface area contributed by atoms with E-state index in [0.29, 0.717) is 0 Å². The molecule has 1 aliphatic carbocycles. The van der Waals surface area contributed by atoms with Crippen molar-refractivity contribution in [3.05, 3.63) is 29.3 Å². The van der Waals surface area contributed by atoms with E-state index in [9.17, 15) is 13.6 Å². The number of aliphatic hydroxyl groups excluding tert-OH is 2. The summed E-state index contributed by atoms with van der Waals surface area (Å²) in [6.45, 7) is 2.83. The first-order chi connectivity index (χ1) is 10.4. The third-order valence-corrected chi connectivity index (χ3v) is 3.75. The topological polar surface area (TPSA) is 78.8 Å². The number of anilines is 1. The van der Waals surface area contributed by atoms with Crippen LogP contribution in [0, 0.1) is 23.5 Å². The zero-order valence-corrected chi connectivity index (χ0v) is 12.3. The first kappa shape index (κ1) is 16.6. The van der Waals surface area contributed by atoms with E-state index in [1.807, 2.05) is 0 Å². The number of ether oxygens (including phenoxy) is 1. The minimum absolute atomic E-state index is 0.0499. The smallest absolute Gasteiger partial charge is 0.411 e. The maximum absolute atomic E-state index is 14.1. The molecule has 3 N–H and O–H groups in total. The van der Waals surface area contributed by atoms with E-state index in [0.717, 1.165) is 12.1 Å². The fourth-order valence-electron chi connectivity index (χ4n) is 2.71. The van der Waals surface area contributed by atoms with E-state index in [-0.39, 0.29) is 42.4 Å².